The van der Waals surface area contributed by atoms with Gasteiger partial charge in [0.05, 0.1) is 12.2 Å². The highest BCUT2D eigenvalue weighted by Gasteiger charge is 2.40. The summed E-state index contributed by atoms with van der Waals surface area (Å²) in [7, 11) is -3.95. The molecule has 0 saturated carbocycles. The van der Waals surface area contributed by atoms with Crippen molar-refractivity contribution in [1.29, 1.82) is 0 Å². The summed E-state index contributed by atoms with van der Waals surface area (Å²) < 4.78 is 61.5. The van der Waals surface area contributed by atoms with E-state index >= 15 is 0 Å². The lowest BCUT2D eigenvalue weighted by Gasteiger charge is -2.40. The van der Waals surface area contributed by atoms with Crippen molar-refractivity contribution in [3.63, 3.8) is 0 Å². The Bertz CT molecular complexity index is 511. The highest BCUT2D eigenvalue weighted by molar-refractivity contribution is 7.88. The van der Waals surface area contributed by atoms with E-state index in [2.05, 4.69) is 5.32 Å². The maximum absolute atomic E-state index is 12.6. The van der Waals surface area contributed by atoms with Crippen LogP contribution in [-0.2, 0) is 14.8 Å². The summed E-state index contributed by atoms with van der Waals surface area (Å²) in [6, 6.07) is -0.708. The fraction of sp³-hybridized carbons (Fsp3) is 0.917. The van der Waals surface area contributed by atoms with E-state index in [9.17, 15) is 26.4 Å². The van der Waals surface area contributed by atoms with E-state index in [1.807, 2.05) is 0 Å². The molecule has 2 aliphatic rings. The lowest BCUT2D eigenvalue weighted by molar-refractivity contribution is -0.144. The first-order valence-corrected chi connectivity index (χ1v) is 8.96. The molecule has 10 heteroatoms. The Labute approximate surface area is 127 Å². The summed E-state index contributed by atoms with van der Waals surface area (Å²) in [5.41, 5.74) is 0. The number of sulfonamides is 1. The van der Waals surface area contributed by atoms with Crippen LogP contribution in [0.1, 0.15) is 12.8 Å². The summed E-state index contributed by atoms with van der Waals surface area (Å²) in [6.45, 7) is 0.370. The Balaban J connectivity index is 1.96. The molecular formula is C12H20F3N3O3S. The largest absolute Gasteiger partial charge is 0.402 e. The van der Waals surface area contributed by atoms with Crippen molar-refractivity contribution in [3.8, 4) is 0 Å². The van der Waals surface area contributed by atoms with Crippen molar-refractivity contribution >= 4 is 15.9 Å². The zero-order valence-electron chi connectivity index (χ0n) is 12.3. The highest BCUT2D eigenvalue weighted by Crippen LogP contribution is 2.25. The van der Waals surface area contributed by atoms with Crippen molar-refractivity contribution in [3.05, 3.63) is 0 Å². The quantitative estimate of drug-likeness (QED) is 0.781. The Kier molecular flexibility index (Phi) is 5.03. The molecule has 128 valence electrons. The number of hydrogen-bond donors (Lipinski definition) is 1. The van der Waals surface area contributed by atoms with Crippen LogP contribution in [0.3, 0.4) is 0 Å². The summed E-state index contributed by atoms with van der Waals surface area (Å²) in [5, 5.41) is 2.99. The molecule has 0 atom stereocenters. The second kappa shape index (κ2) is 6.32. The van der Waals surface area contributed by atoms with Crippen molar-refractivity contribution in [2.24, 2.45) is 5.92 Å². The maximum Gasteiger partial charge on any atom is 0.402 e. The van der Waals surface area contributed by atoms with Crippen molar-refractivity contribution in [2.45, 2.75) is 25.1 Å². The van der Waals surface area contributed by atoms with Gasteiger partial charge in [-0.15, -0.1) is 0 Å². The van der Waals surface area contributed by atoms with Gasteiger partial charge in [0.15, 0.2) is 0 Å². The molecule has 0 aromatic carbocycles. The Morgan fingerprint density at radius 2 is 1.82 bits per heavy atom. The third-order valence-electron chi connectivity index (χ3n) is 4.08. The van der Waals surface area contributed by atoms with E-state index in [4.69, 9.17) is 0 Å². The van der Waals surface area contributed by atoms with E-state index in [0.717, 1.165) is 6.26 Å². The molecule has 0 aliphatic carbocycles. The molecule has 0 bridgehead atoms. The molecular weight excluding hydrogens is 323 g/mol. The molecule has 0 spiro atoms. The summed E-state index contributed by atoms with van der Waals surface area (Å²) >= 11 is 0. The Hall–Kier alpha value is -0.870. The van der Waals surface area contributed by atoms with Crippen LogP contribution >= 0.6 is 0 Å². The van der Waals surface area contributed by atoms with Gasteiger partial charge >= 0.3 is 6.18 Å². The number of nitrogens with zero attached hydrogens (tertiary/aromatic N) is 2. The number of carbonyl (C=O) groups is 1. The van der Waals surface area contributed by atoms with Gasteiger partial charge in [-0.05, 0) is 12.8 Å². The van der Waals surface area contributed by atoms with Crippen molar-refractivity contribution < 1.29 is 26.4 Å². The van der Waals surface area contributed by atoms with Crippen LogP contribution in [0.15, 0.2) is 0 Å². The van der Waals surface area contributed by atoms with Crippen LogP contribution < -0.4 is 5.32 Å². The van der Waals surface area contributed by atoms with Crippen LogP contribution in [-0.4, -0.2) is 74.7 Å². The van der Waals surface area contributed by atoms with Gasteiger partial charge in [0.25, 0.3) is 0 Å². The van der Waals surface area contributed by atoms with Gasteiger partial charge in [0.1, 0.15) is 6.54 Å². The molecule has 0 aromatic heterocycles. The van der Waals surface area contributed by atoms with Gasteiger partial charge in [-0.2, -0.15) is 17.5 Å². The van der Waals surface area contributed by atoms with Crippen molar-refractivity contribution in [1.82, 2.24) is 14.5 Å². The molecule has 1 amide bonds. The van der Waals surface area contributed by atoms with Crippen LogP contribution in [0.5, 0.6) is 0 Å². The van der Waals surface area contributed by atoms with Gasteiger partial charge in [-0.3, -0.25) is 4.79 Å². The molecule has 0 aromatic rings. The molecule has 2 fully saturated rings. The van der Waals surface area contributed by atoms with Gasteiger partial charge in [-0.1, -0.05) is 0 Å². The topological polar surface area (TPSA) is 69.7 Å². The van der Waals surface area contributed by atoms with E-state index in [1.54, 1.807) is 4.90 Å². The number of hydrogen-bond acceptors (Lipinski definition) is 4. The van der Waals surface area contributed by atoms with Crippen LogP contribution in [0.2, 0.25) is 0 Å². The zero-order chi connectivity index (χ0) is 16.5. The van der Waals surface area contributed by atoms with Crippen LogP contribution in [0.25, 0.3) is 0 Å². The van der Waals surface area contributed by atoms with E-state index < -0.39 is 28.8 Å². The van der Waals surface area contributed by atoms with Gasteiger partial charge in [0.2, 0.25) is 15.9 Å². The van der Waals surface area contributed by atoms with Gasteiger partial charge in [-0.25, -0.2) is 8.42 Å². The summed E-state index contributed by atoms with van der Waals surface area (Å²) in [6.07, 6.45) is -3.33. The normalized spacial score (nSPS) is 22.0. The number of amides is 1. The fourth-order valence-electron chi connectivity index (χ4n) is 2.79. The SMILES string of the molecule is CS(=O)(=O)N(CC(F)(F)F)C1CCN(C(=O)C2CNC2)CC1. The molecule has 2 aliphatic heterocycles. The molecule has 1 N–H and O–H groups in total. The number of piperidine rings is 1. The average Bonchev–Trinajstić information content (AvgIpc) is 2.32. The lowest BCUT2D eigenvalue weighted by Crippen LogP contribution is -2.56. The minimum absolute atomic E-state index is 0.000994. The first-order valence-electron chi connectivity index (χ1n) is 7.11. The summed E-state index contributed by atoms with van der Waals surface area (Å²) in [4.78, 5) is 13.7. The predicted octanol–water partition coefficient (Wildman–Crippen LogP) is 0.0207. The minimum Gasteiger partial charge on any atom is -0.342 e. The third-order valence-corrected chi connectivity index (χ3v) is 5.35. The predicted molar refractivity (Wildman–Crippen MR) is 73.6 cm³/mol. The molecule has 6 nitrogen and oxygen atoms in total. The number of rotatable bonds is 4. The molecule has 0 unspecified atom stereocenters. The second-order valence-electron chi connectivity index (χ2n) is 5.84. The first-order chi connectivity index (χ1) is 10.1. The molecule has 0 radical (unpaired) electrons. The zero-order valence-corrected chi connectivity index (χ0v) is 13.1. The smallest absolute Gasteiger partial charge is 0.342 e. The number of carbonyl (C=O) groups excluding carboxylic acids is 1. The summed E-state index contributed by atoms with van der Waals surface area (Å²) in [5.74, 6) is -0.0586. The first kappa shape index (κ1) is 17.5. The van der Waals surface area contributed by atoms with E-state index in [0.29, 0.717) is 30.5 Å². The number of alkyl halides is 3. The average molecular weight is 343 g/mol. The highest BCUT2D eigenvalue weighted by atomic mass is 32.2. The fourth-order valence-corrected chi connectivity index (χ4v) is 3.92. The van der Waals surface area contributed by atoms with Crippen LogP contribution in [0.4, 0.5) is 13.2 Å². The molecule has 2 rings (SSSR count). The van der Waals surface area contributed by atoms with Gasteiger partial charge in [0, 0.05) is 32.2 Å². The maximum atomic E-state index is 12.6. The Morgan fingerprint density at radius 3 is 2.18 bits per heavy atom. The molecule has 2 saturated heterocycles. The van der Waals surface area contributed by atoms with Gasteiger partial charge < -0.3 is 10.2 Å². The van der Waals surface area contributed by atoms with Crippen LogP contribution in [0, 0.1) is 5.92 Å². The second-order valence-corrected chi connectivity index (χ2v) is 7.77. The number of nitrogens with one attached hydrogen (secondary N) is 1. The number of likely N-dealkylation sites (tertiary alicyclic amines) is 1. The van der Waals surface area contributed by atoms with E-state index in [-0.39, 0.29) is 24.7 Å². The molecule has 22 heavy (non-hydrogen) atoms. The molecule has 2 heterocycles. The number of halogens is 3. The van der Waals surface area contributed by atoms with Crippen molar-refractivity contribution in [2.75, 3.05) is 39.0 Å². The van der Waals surface area contributed by atoms with E-state index in [1.165, 1.54) is 0 Å². The monoisotopic (exact) mass is 343 g/mol. The third kappa shape index (κ3) is 4.32. The standard InChI is InChI=1S/C12H20F3N3O3S/c1-22(20,21)18(8-12(13,14)15)10-2-4-17(5-3-10)11(19)9-6-16-7-9/h9-10,16H,2-8H2,1H3. The lowest BCUT2D eigenvalue weighted by atomic mass is 9.98. The Morgan fingerprint density at radius 1 is 1.27 bits per heavy atom. The minimum atomic E-state index is -4.58.